The first-order chi connectivity index (χ1) is 12.0. The molecule has 0 unspecified atom stereocenters. The fourth-order valence-electron chi connectivity index (χ4n) is 1.82. The summed E-state index contributed by atoms with van der Waals surface area (Å²) in [7, 11) is 1.54. The zero-order valence-corrected chi connectivity index (χ0v) is 14.8. The fourth-order valence-corrected chi connectivity index (χ4v) is 2.28. The molecular weight excluding hydrogens is 365 g/mol. The number of nitrogens with one attached hydrogen (secondary N) is 2. The minimum atomic E-state index is -0.469. The van der Waals surface area contributed by atoms with Crippen LogP contribution in [-0.2, 0) is 4.79 Å². The van der Waals surface area contributed by atoms with Crippen molar-refractivity contribution in [3.05, 3.63) is 63.6 Å². The first kappa shape index (κ1) is 18.8. The Balaban J connectivity index is 1.81. The van der Waals surface area contributed by atoms with Gasteiger partial charge in [-0.15, -0.1) is 0 Å². The zero-order chi connectivity index (χ0) is 18.2. The molecule has 8 heteroatoms. The number of rotatable bonds is 6. The second-order valence-corrected chi connectivity index (χ2v) is 5.71. The van der Waals surface area contributed by atoms with E-state index in [2.05, 4.69) is 15.8 Å². The maximum absolute atomic E-state index is 11.9. The maximum Gasteiger partial charge on any atom is 0.259 e. The lowest BCUT2D eigenvalue weighted by molar-refractivity contribution is -0.120. The molecule has 0 fully saturated rings. The molecule has 0 heterocycles. The summed E-state index contributed by atoms with van der Waals surface area (Å²) in [5.74, 6) is -0.199. The lowest BCUT2D eigenvalue weighted by Gasteiger charge is -2.05. The summed E-state index contributed by atoms with van der Waals surface area (Å²) in [6.07, 6.45) is 1.39. The lowest BCUT2D eigenvalue weighted by Crippen LogP contribution is -2.34. The number of hydrogen-bond acceptors (Lipinski definition) is 4. The Labute approximate surface area is 154 Å². The largest absolute Gasteiger partial charge is 0.497 e. The third kappa shape index (κ3) is 5.77. The van der Waals surface area contributed by atoms with Crippen LogP contribution in [0.15, 0.2) is 47.6 Å². The third-order valence-electron chi connectivity index (χ3n) is 3.12. The molecular formula is C17H15Cl2N3O3. The van der Waals surface area contributed by atoms with Crippen molar-refractivity contribution in [1.82, 2.24) is 10.7 Å². The van der Waals surface area contributed by atoms with Crippen LogP contribution in [0.25, 0.3) is 0 Å². The van der Waals surface area contributed by atoms with E-state index in [-0.39, 0.29) is 12.5 Å². The predicted molar refractivity (Wildman–Crippen MR) is 97.5 cm³/mol. The average Bonchev–Trinajstić information content (AvgIpc) is 2.61. The Hall–Kier alpha value is -2.57. The van der Waals surface area contributed by atoms with Crippen LogP contribution in [0.2, 0.25) is 10.0 Å². The molecule has 2 rings (SSSR count). The van der Waals surface area contributed by atoms with Gasteiger partial charge in [-0.3, -0.25) is 9.59 Å². The molecule has 6 nitrogen and oxygen atoms in total. The summed E-state index contributed by atoms with van der Waals surface area (Å²) in [4.78, 5) is 23.6. The van der Waals surface area contributed by atoms with Gasteiger partial charge in [-0.2, -0.15) is 5.10 Å². The molecule has 0 saturated heterocycles. The van der Waals surface area contributed by atoms with Gasteiger partial charge in [-0.1, -0.05) is 29.3 Å². The predicted octanol–water partition coefficient (Wildman–Crippen LogP) is 2.88. The number of hydrogen-bond donors (Lipinski definition) is 2. The van der Waals surface area contributed by atoms with Gasteiger partial charge in [0.1, 0.15) is 5.75 Å². The van der Waals surface area contributed by atoms with Crippen LogP contribution in [0.4, 0.5) is 0 Å². The van der Waals surface area contributed by atoms with E-state index in [1.54, 1.807) is 42.5 Å². The number of hydrazone groups is 1. The second kappa shape index (κ2) is 9.05. The Kier molecular flexibility index (Phi) is 6.80. The van der Waals surface area contributed by atoms with Gasteiger partial charge in [0.15, 0.2) is 0 Å². The van der Waals surface area contributed by atoms with Crippen molar-refractivity contribution in [2.75, 3.05) is 13.7 Å². The van der Waals surface area contributed by atoms with Gasteiger partial charge in [0.25, 0.3) is 11.8 Å². The molecule has 0 aliphatic heterocycles. The Morgan fingerprint density at radius 2 is 1.88 bits per heavy atom. The smallest absolute Gasteiger partial charge is 0.259 e. The molecule has 2 amide bonds. The number of halogens is 2. The molecule has 0 spiro atoms. The zero-order valence-electron chi connectivity index (χ0n) is 13.3. The van der Waals surface area contributed by atoms with Gasteiger partial charge >= 0.3 is 0 Å². The first-order valence-electron chi connectivity index (χ1n) is 7.19. The maximum atomic E-state index is 11.9. The highest BCUT2D eigenvalue weighted by Crippen LogP contribution is 2.19. The molecule has 0 aliphatic rings. The van der Waals surface area contributed by atoms with Crippen LogP contribution in [0, 0.1) is 0 Å². The van der Waals surface area contributed by atoms with Gasteiger partial charge in [0, 0.05) is 16.1 Å². The summed E-state index contributed by atoms with van der Waals surface area (Å²) < 4.78 is 5.01. The van der Waals surface area contributed by atoms with Crippen molar-refractivity contribution in [3.8, 4) is 5.75 Å². The molecule has 0 bridgehead atoms. The van der Waals surface area contributed by atoms with Crippen molar-refractivity contribution in [2.45, 2.75) is 0 Å². The number of benzene rings is 2. The van der Waals surface area contributed by atoms with Gasteiger partial charge in [-0.25, -0.2) is 5.43 Å². The number of nitrogens with zero attached hydrogens (tertiary/aromatic N) is 1. The SMILES string of the molecule is COc1ccc(C(=O)NCC(=O)N/N=C/c2ccc(Cl)cc2Cl)cc1. The molecule has 0 radical (unpaired) electrons. The molecule has 0 saturated carbocycles. The second-order valence-electron chi connectivity index (χ2n) is 4.87. The Morgan fingerprint density at radius 1 is 1.16 bits per heavy atom. The van der Waals surface area contributed by atoms with Crippen molar-refractivity contribution < 1.29 is 14.3 Å². The number of carbonyl (C=O) groups is 2. The highest BCUT2D eigenvalue weighted by molar-refractivity contribution is 6.36. The summed E-state index contributed by atoms with van der Waals surface area (Å²) >= 11 is 11.8. The summed E-state index contributed by atoms with van der Waals surface area (Å²) in [6.45, 7) is -0.212. The molecule has 2 aromatic rings. The van der Waals surface area contributed by atoms with Crippen molar-refractivity contribution >= 4 is 41.2 Å². The number of ether oxygens (including phenoxy) is 1. The van der Waals surface area contributed by atoms with Crippen molar-refractivity contribution in [3.63, 3.8) is 0 Å². The number of carbonyl (C=O) groups excluding carboxylic acids is 2. The fraction of sp³-hybridized carbons (Fsp3) is 0.118. The summed E-state index contributed by atoms with van der Waals surface area (Å²) in [5.41, 5.74) is 3.33. The minimum absolute atomic E-state index is 0.212. The summed E-state index contributed by atoms with van der Waals surface area (Å²) in [6, 6.07) is 11.4. The Bertz CT molecular complexity index is 792. The quantitative estimate of drug-likeness (QED) is 0.598. The Morgan fingerprint density at radius 3 is 2.52 bits per heavy atom. The highest BCUT2D eigenvalue weighted by atomic mass is 35.5. The van der Waals surface area contributed by atoms with Gasteiger partial charge < -0.3 is 10.1 Å². The van der Waals surface area contributed by atoms with Crippen molar-refractivity contribution in [1.29, 1.82) is 0 Å². The van der Waals surface area contributed by atoms with Crippen LogP contribution in [-0.4, -0.2) is 31.7 Å². The number of amides is 2. The van der Waals surface area contributed by atoms with Gasteiger partial charge in [0.2, 0.25) is 0 Å². The van der Waals surface area contributed by atoms with E-state index in [1.165, 1.54) is 13.3 Å². The van der Waals surface area contributed by atoms with Crippen LogP contribution >= 0.6 is 23.2 Å². The third-order valence-corrected chi connectivity index (χ3v) is 3.68. The summed E-state index contributed by atoms with van der Waals surface area (Å²) in [5, 5.41) is 7.20. The van der Waals surface area contributed by atoms with E-state index in [1.807, 2.05) is 0 Å². The van der Waals surface area contributed by atoms with E-state index in [9.17, 15) is 9.59 Å². The standard InChI is InChI=1S/C17H15Cl2N3O3/c1-25-14-6-3-11(4-7-14)17(24)20-10-16(23)22-21-9-12-2-5-13(18)8-15(12)19/h2-9H,10H2,1H3,(H,20,24)(H,22,23)/b21-9+. The van der Waals surface area contributed by atoms with Crippen LogP contribution < -0.4 is 15.5 Å². The van der Waals surface area contributed by atoms with E-state index < -0.39 is 5.91 Å². The van der Waals surface area contributed by atoms with Crippen molar-refractivity contribution in [2.24, 2.45) is 5.10 Å². The molecule has 2 aromatic carbocycles. The van der Waals surface area contributed by atoms with E-state index in [4.69, 9.17) is 27.9 Å². The van der Waals surface area contributed by atoms with Crippen LogP contribution in [0.3, 0.4) is 0 Å². The monoisotopic (exact) mass is 379 g/mol. The van der Waals surface area contributed by atoms with E-state index in [0.29, 0.717) is 26.9 Å². The van der Waals surface area contributed by atoms with E-state index >= 15 is 0 Å². The molecule has 0 atom stereocenters. The van der Waals surface area contributed by atoms with E-state index in [0.717, 1.165) is 0 Å². The number of methoxy groups -OCH3 is 1. The first-order valence-corrected chi connectivity index (χ1v) is 7.94. The average molecular weight is 380 g/mol. The lowest BCUT2D eigenvalue weighted by atomic mass is 10.2. The molecule has 2 N–H and O–H groups in total. The van der Waals surface area contributed by atoms with Gasteiger partial charge in [-0.05, 0) is 36.4 Å². The van der Waals surface area contributed by atoms with Gasteiger partial charge in [0.05, 0.1) is 24.9 Å². The van der Waals surface area contributed by atoms with Crippen LogP contribution in [0.5, 0.6) is 5.75 Å². The highest BCUT2D eigenvalue weighted by Gasteiger charge is 2.07. The molecule has 0 aromatic heterocycles. The van der Waals surface area contributed by atoms with Crippen LogP contribution in [0.1, 0.15) is 15.9 Å². The minimum Gasteiger partial charge on any atom is -0.497 e. The molecule has 25 heavy (non-hydrogen) atoms. The topological polar surface area (TPSA) is 79.8 Å². The normalized spacial score (nSPS) is 10.5. The molecule has 130 valence electrons. The molecule has 0 aliphatic carbocycles.